The Morgan fingerprint density at radius 1 is 1.42 bits per heavy atom. The van der Waals surface area contributed by atoms with E-state index in [-0.39, 0.29) is 17.7 Å². The van der Waals surface area contributed by atoms with Crippen molar-refractivity contribution in [2.24, 2.45) is 5.92 Å². The molecule has 2 aromatic rings. The van der Waals surface area contributed by atoms with E-state index < -0.39 is 0 Å². The number of carbonyl (C=O) groups is 2. The summed E-state index contributed by atoms with van der Waals surface area (Å²) in [4.78, 5) is 24.1. The molecule has 2 heterocycles. The summed E-state index contributed by atoms with van der Waals surface area (Å²) in [7, 11) is 1.60. The van der Waals surface area contributed by atoms with Gasteiger partial charge in [0.05, 0.1) is 11.7 Å². The van der Waals surface area contributed by atoms with Gasteiger partial charge in [-0.2, -0.15) is 5.10 Å². The van der Waals surface area contributed by atoms with Crippen molar-refractivity contribution in [2.45, 2.75) is 6.42 Å². The summed E-state index contributed by atoms with van der Waals surface area (Å²) in [5.74, 6) is -0.275. The van der Waals surface area contributed by atoms with Crippen LogP contribution < -0.4 is 10.6 Å². The van der Waals surface area contributed by atoms with Crippen LogP contribution in [0.1, 0.15) is 12.0 Å². The molecule has 0 radical (unpaired) electrons. The molecular weight excluding hydrogens is 304 g/mol. The van der Waals surface area contributed by atoms with Gasteiger partial charge in [-0.15, -0.1) is 0 Å². The number of fused-ring (bicyclic) bond motifs is 2. The molecule has 1 saturated heterocycles. The van der Waals surface area contributed by atoms with Crippen LogP contribution in [0.15, 0.2) is 53.4 Å². The van der Waals surface area contributed by atoms with Crippen molar-refractivity contribution in [1.29, 1.82) is 0 Å². The number of aromatic amines is 1. The van der Waals surface area contributed by atoms with Crippen molar-refractivity contribution in [3.05, 3.63) is 59.0 Å². The Hall–Kier alpha value is -3.15. The Labute approximate surface area is 138 Å². The molecule has 4 rings (SSSR count). The average molecular weight is 320 g/mol. The highest BCUT2D eigenvalue weighted by molar-refractivity contribution is 6.05. The molecule has 6 nitrogen and oxygen atoms in total. The second-order valence-corrected chi connectivity index (χ2v) is 5.90. The van der Waals surface area contributed by atoms with E-state index in [0.717, 1.165) is 22.2 Å². The average Bonchev–Trinajstić information content (AvgIpc) is 3.18. The van der Waals surface area contributed by atoms with Crippen LogP contribution in [0.25, 0.3) is 17.0 Å². The largest absolute Gasteiger partial charge is 0.355 e. The first-order chi connectivity index (χ1) is 11.7. The molecule has 1 aliphatic carbocycles. The van der Waals surface area contributed by atoms with Crippen molar-refractivity contribution < 1.29 is 9.59 Å². The van der Waals surface area contributed by atoms with E-state index in [4.69, 9.17) is 0 Å². The van der Waals surface area contributed by atoms with Crippen molar-refractivity contribution >= 4 is 28.8 Å². The molecule has 1 aromatic heterocycles. The van der Waals surface area contributed by atoms with E-state index in [9.17, 15) is 9.59 Å². The summed E-state index contributed by atoms with van der Waals surface area (Å²) in [5.41, 5.74) is 3.97. The smallest absolute Gasteiger partial charge is 0.252 e. The number of benzene rings is 1. The van der Waals surface area contributed by atoms with Gasteiger partial charge in [0.15, 0.2) is 0 Å². The standard InChI is InChI=1S/C18H16N4O2/c1-19-17(23)11-4-5-13-14(18(24)21-16(13)8-11)6-10-2-3-12-9-20-22-15(12)7-10/h2-4,6-9,13H,5H2,1H3,(H,19,23)(H,20,22)(H,21,24). The molecule has 1 fully saturated rings. The highest BCUT2D eigenvalue weighted by Crippen LogP contribution is 2.35. The summed E-state index contributed by atoms with van der Waals surface area (Å²) >= 11 is 0. The molecule has 0 spiro atoms. The Balaban J connectivity index is 1.67. The fourth-order valence-corrected chi connectivity index (χ4v) is 3.17. The third kappa shape index (κ3) is 2.32. The molecule has 24 heavy (non-hydrogen) atoms. The number of nitrogens with zero attached hydrogens (tertiary/aromatic N) is 1. The quantitative estimate of drug-likeness (QED) is 0.735. The van der Waals surface area contributed by atoms with Gasteiger partial charge in [-0.3, -0.25) is 14.7 Å². The molecule has 2 aliphatic rings. The number of hydrogen-bond donors (Lipinski definition) is 3. The normalized spacial score (nSPS) is 21.3. The number of amides is 2. The van der Waals surface area contributed by atoms with E-state index in [0.29, 0.717) is 17.6 Å². The van der Waals surface area contributed by atoms with Crippen LogP contribution in [-0.4, -0.2) is 29.1 Å². The van der Waals surface area contributed by atoms with Crippen LogP contribution >= 0.6 is 0 Å². The molecule has 1 aromatic carbocycles. The van der Waals surface area contributed by atoms with Gasteiger partial charge in [0.1, 0.15) is 0 Å². The van der Waals surface area contributed by atoms with E-state index in [1.807, 2.05) is 30.4 Å². The monoisotopic (exact) mass is 320 g/mol. The maximum atomic E-state index is 12.3. The molecule has 1 unspecified atom stereocenters. The minimum Gasteiger partial charge on any atom is -0.355 e. The van der Waals surface area contributed by atoms with Crippen LogP contribution in [0, 0.1) is 5.92 Å². The van der Waals surface area contributed by atoms with Crippen molar-refractivity contribution in [3.63, 3.8) is 0 Å². The number of aromatic nitrogens is 2. The summed E-state index contributed by atoms with van der Waals surface area (Å²) in [6.07, 6.45) is 7.93. The summed E-state index contributed by atoms with van der Waals surface area (Å²) in [5, 5.41) is 13.5. The number of allylic oxidation sites excluding steroid dienone is 2. The lowest BCUT2D eigenvalue weighted by atomic mass is 9.88. The first kappa shape index (κ1) is 14.4. The molecule has 0 saturated carbocycles. The summed E-state index contributed by atoms with van der Waals surface area (Å²) in [6, 6.07) is 5.91. The third-order valence-corrected chi connectivity index (χ3v) is 4.43. The maximum Gasteiger partial charge on any atom is 0.252 e. The highest BCUT2D eigenvalue weighted by atomic mass is 16.2. The SMILES string of the molecule is CNC(=O)C1=CCC2C(=C1)NC(=O)C2=Cc1ccc2cn[nH]c2c1. The lowest BCUT2D eigenvalue weighted by Crippen LogP contribution is -2.22. The van der Waals surface area contributed by atoms with Gasteiger partial charge in [0.25, 0.3) is 11.8 Å². The van der Waals surface area contributed by atoms with Crippen LogP contribution in [0.4, 0.5) is 0 Å². The molecule has 1 atom stereocenters. The summed E-state index contributed by atoms with van der Waals surface area (Å²) in [6.45, 7) is 0. The maximum absolute atomic E-state index is 12.3. The minimum absolute atomic E-state index is 0.0247. The van der Waals surface area contributed by atoms with Crippen molar-refractivity contribution in [3.8, 4) is 0 Å². The fraction of sp³-hybridized carbons (Fsp3) is 0.167. The predicted octanol–water partition coefficient (Wildman–Crippen LogP) is 1.65. The van der Waals surface area contributed by atoms with E-state index >= 15 is 0 Å². The molecule has 2 amide bonds. The predicted molar refractivity (Wildman–Crippen MR) is 90.6 cm³/mol. The Kier molecular flexibility index (Phi) is 3.30. The van der Waals surface area contributed by atoms with E-state index in [2.05, 4.69) is 20.8 Å². The molecule has 120 valence electrons. The van der Waals surface area contributed by atoms with Crippen LogP contribution in [0.5, 0.6) is 0 Å². The zero-order valence-corrected chi connectivity index (χ0v) is 13.1. The summed E-state index contributed by atoms with van der Waals surface area (Å²) < 4.78 is 0. The van der Waals surface area contributed by atoms with Crippen LogP contribution in [-0.2, 0) is 9.59 Å². The number of likely N-dealkylation sites (N-methyl/N-ethyl adjacent to an activating group) is 1. The first-order valence-electron chi connectivity index (χ1n) is 7.75. The lowest BCUT2D eigenvalue weighted by Gasteiger charge is -2.16. The van der Waals surface area contributed by atoms with E-state index in [1.165, 1.54) is 0 Å². The lowest BCUT2D eigenvalue weighted by molar-refractivity contribution is -0.117. The molecular formula is C18H16N4O2. The Morgan fingerprint density at radius 2 is 2.29 bits per heavy atom. The van der Waals surface area contributed by atoms with Gasteiger partial charge < -0.3 is 10.6 Å². The molecule has 0 bridgehead atoms. The number of H-pyrrole nitrogens is 1. The Bertz CT molecular complexity index is 949. The number of rotatable bonds is 2. The topological polar surface area (TPSA) is 86.9 Å². The number of carbonyl (C=O) groups excluding carboxylic acids is 2. The van der Waals surface area contributed by atoms with Gasteiger partial charge in [0, 0.05) is 35.2 Å². The molecule has 3 N–H and O–H groups in total. The van der Waals surface area contributed by atoms with Gasteiger partial charge in [0.2, 0.25) is 0 Å². The van der Waals surface area contributed by atoms with Gasteiger partial charge in [-0.1, -0.05) is 18.2 Å². The fourth-order valence-electron chi connectivity index (χ4n) is 3.17. The molecule has 1 aliphatic heterocycles. The van der Waals surface area contributed by atoms with Gasteiger partial charge in [-0.05, 0) is 30.2 Å². The number of nitrogens with one attached hydrogen (secondary N) is 3. The van der Waals surface area contributed by atoms with Gasteiger partial charge >= 0.3 is 0 Å². The second kappa shape index (κ2) is 5.49. The number of hydrogen-bond acceptors (Lipinski definition) is 3. The van der Waals surface area contributed by atoms with Crippen molar-refractivity contribution in [2.75, 3.05) is 7.05 Å². The zero-order valence-electron chi connectivity index (χ0n) is 13.1. The van der Waals surface area contributed by atoms with Crippen molar-refractivity contribution in [1.82, 2.24) is 20.8 Å². The van der Waals surface area contributed by atoms with Gasteiger partial charge in [-0.25, -0.2) is 0 Å². The van der Waals surface area contributed by atoms with Crippen LogP contribution in [0.2, 0.25) is 0 Å². The zero-order chi connectivity index (χ0) is 16.7. The first-order valence-corrected chi connectivity index (χ1v) is 7.75. The third-order valence-electron chi connectivity index (χ3n) is 4.43. The van der Waals surface area contributed by atoms with E-state index in [1.54, 1.807) is 19.3 Å². The van der Waals surface area contributed by atoms with Crippen LogP contribution in [0.3, 0.4) is 0 Å². The minimum atomic E-state index is -0.141. The highest BCUT2D eigenvalue weighted by Gasteiger charge is 2.34. The second-order valence-electron chi connectivity index (χ2n) is 5.90. The molecule has 6 heteroatoms. The Morgan fingerprint density at radius 3 is 3.12 bits per heavy atom.